The number of carbonyl (C=O) groups is 2. The van der Waals surface area contributed by atoms with E-state index in [0.29, 0.717) is 67.2 Å². The molecule has 4 N–H and O–H groups in total. The summed E-state index contributed by atoms with van der Waals surface area (Å²) in [6.45, 7) is 3.61. The van der Waals surface area contributed by atoms with Crippen LogP contribution in [0.15, 0.2) is 60.8 Å². The first-order valence-corrected chi connectivity index (χ1v) is 13.4. The Bertz CT molecular complexity index is 1500. The SMILES string of the molecule is Nc1cnc2c(Nc3ccc(C(=O)N4CCOCC4)cc3)nc(N3CCC[C@@H](NC(=O)c4ccccc4)C3)nn12. The smallest absolute Gasteiger partial charge is 0.254 e. The molecule has 0 bridgehead atoms. The van der Waals surface area contributed by atoms with Gasteiger partial charge in [-0.25, -0.2) is 4.98 Å². The number of piperidine rings is 1. The van der Waals surface area contributed by atoms with Gasteiger partial charge in [0.2, 0.25) is 5.95 Å². The van der Waals surface area contributed by atoms with Crippen molar-refractivity contribution < 1.29 is 14.3 Å². The summed E-state index contributed by atoms with van der Waals surface area (Å²) in [4.78, 5) is 38.6. The second kappa shape index (κ2) is 11.2. The molecule has 2 aromatic carbocycles. The van der Waals surface area contributed by atoms with E-state index < -0.39 is 0 Å². The fourth-order valence-corrected chi connectivity index (χ4v) is 5.02. The van der Waals surface area contributed by atoms with Crippen molar-refractivity contribution in [2.75, 3.05) is 55.3 Å². The molecule has 2 aromatic heterocycles. The molecule has 0 aliphatic carbocycles. The fourth-order valence-electron chi connectivity index (χ4n) is 5.02. The summed E-state index contributed by atoms with van der Waals surface area (Å²) >= 11 is 0. The van der Waals surface area contributed by atoms with Crippen LogP contribution >= 0.6 is 0 Å². The minimum Gasteiger partial charge on any atom is -0.382 e. The van der Waals surface area contributed by atoms with E-state index in [1.165, 1.54) is 0 Å². The number of nitrogens with two attached hydrogens (primary N) is 1. The van der Waals surface area contributed by atoms with Gasteiger partial charge in [-0.2, -0.15) is 9.50 Å². The molecule has 4 aromatic rings. The van der Waals surface area contributed by atoms with E-state index in [4.69, 9.17) is 15.5 Å². The lowest BCUT2D eigenvalue weighted by atomic mass is 10.1. The summed E-state index contributed by atoms with van der Waals surface area (Å²) in [6, 6.07) is 16.4. The molecule has 12 nitrogen and oxygen atoms in total. The number of hydrogen-bond donors (Lipinski definition) is 3. The zero-order valence-electron chi connectivity index (χ0n) is 22.0. The number of amides is 2. The molecule has 2 aliphatic rings. The Morgan fingerprint density at radius 1 is 0.975 bits per heavy atom. The third-order valence-corrected chi connectivity index (χ3v) is 7.15. The number of carbonyl (C=O) groups excluding carboxylic acids is 2. The minimum absolute atomic E-state index is 0.0124. The molecule has 206 valence electrons. The third kappa shape index (κ3) is 5.38. The Morgan fingerprint density at radius 3 is 2.52 bits per heavy atom. The highest BCUT2D eigenvalue weighted by Crippen LogP contribution is 2.25. The van der Waals surface area contributed by atoms with Gasteiger partial charge in [0.15, 0.2) is 11.5 Å². The van der Waals surface area contributed by atoms with Crippen LogP contribution < -0.4 is 21.3 Å². The standard InChI is InChI=1S/C28H31N9O3/c29-23-17-30-25-24(31-21-10-8-20(9-11-21)27(39)35-13-15-40-16-14-35)33-28(34-37(23)25)36-12-4-7-22(18-36)32-26(38)19-5-2-1-3-6-19/h1-3,5-6,8-11,17,22H,4,7,12-16,18,29H2,(H,32,38)(H,31,33,34)/t22-/m1/s1. The van der Waals surface area contributed by atoms with Gasteiger partial charge in [0.25, 0.3) is 11.8 Å². The van der Waals surface area contributed by atoms with Gasteiger partial charge in [0.05, 0.1) is 19.4 Å². The summed E-state index contributed by atoms with van der Waals surface area (Å²) in [5, 5.41) is 11.1. The Balaban J connectivity index is 1.20. The van der Waals surface area contributed by atoms with Crippen LogP contribution in [0.5, 0.6) is 0 Å². The predicted octanol–water partition coefficient (Wildman–Crippen LogP) is 2.32. The van der Waals surface area contributed by atoms with Gasteiger partial charge in [0, 0.05) is 49.0 Å². The van der Waals surface area contributed by atoms with Gasteiger partial charge in [-0.05, 0) is 49.2 Å². The quantitative estimate of drug-likeness (QED) is 0.335. The van der Waals surface area contributed by atoms with Crippen molar-refractivity contribution in [1.82, 2.24) is 29.8 Å². The lowest BCUT2D eigenvalue weighted by molar-refractivity contribution is 0.0303. The summed E-state index contributed by atoms with van der Waals surface area (Å²) in [5.74, 6) is 1.25. The van der Waals surface area contributed by atoms with Crippen molar-refractivity contribution in [2.24, 2.45) is 0 Å². The van der Waals surface area contributed by atoms with Gasteiger partial charge in [-0.1, -0.05) is 18.2 Å². The first kappa shape index (κ1) is 25.6. The Hall–Kier alpha value is -4.71. The van der Waals surface area contributed by atoms with E-state index in [1.807, 2.05) is 35.2 Å². The molecule has 1 atom stereocenters. The van der Waals surface area contributed by atoms with Crippen LogP contribution in [-0.4, -0.2) is 81.7 Å². The number of rotatable bonds is 6. The molecule has 2 saturated heterocycles. The van der Waals surface area contributed by atoms with Crippen LogP contribution in [0.25, 0.3) is 5.65 Å². The Morgan fingerprint density at radius 2 is 1.75 bits per heavy atom. The maximum atomic E-state index is 12.8. The first-order chi connectivity index (χ1) is 19.5. The van der Waals surface area contributed by atoms with Gasteiger partial charge in [-0.3, -0.25) is 9.59 Å². The highest BCUT2D eigenvalue weighted by molar-refractivity contribution is 5.95. The monoisotopic (exact) mass is 541 g/mol. The van der Waals surface area contributed by atoms with Crippen LogP contribution in [0.2, 0.25) is 0 Å². The molecule has 4 heterocycles. The highest BCUT2D eigenvalue weighted by atomic mass is 16.5. The zero-order valence-corrected chi connectivity index (χ0v) is 22.0. The predicted molar refractivity (Wildman–Crippen MR) is 151 cm³/mol. The van der Waals surface area contributed by atoms with Crippen molar-refractivity contribution in [2.45, 2.75) is 18.9 Å². The van der Waals surface area contributed by atoms with Gasteiger partial charge < -0.3 is 30.9 Å². The van der Waals surface area contributed by atoms with Crippen molar-refractivity contribution in [3.8, 4) is 0 Å². The van der Waals surface area contributed by atoms with Crippen LogP contribution in [0, 0.1) is 0 Å². The largest absolute Gasteiger partial charge is 0.382 e. The third-order valence-electron chi connectivity index (χ3n) is 7.15. The minimum atomic E-state index is -0.0967. The first-order valence-electron chi connectivity index (χ1n) is 13.4. The van der Waals surface area contributed by atoms with E-state index in [2.05, 4.69) is 20.7 Å². The number of aromatic nitrogens is 4. The molecule has 2 aliphatic heterocycles. The number of hydrogen-bond acceptors (Lipinski definition) is 9. The lowest BCUT2D eigenvalue weighted by Crippen LogP contribution is -2.48. The van der Waals surface area contributed by atoms with E-state index in [9.17, 15) is 9.59 Å². The Kier molecular flexibility index (Phi) is 7.15. The van der Waals surface area contributed by atoms with E-state index in [0.717, 1.165) is 25.1 Å². The van der Waals surface area contributed by atoms with E-state index in [-0.39, 0.29) is 17.9 Å². The number of benzene rings is 2. The number of imidazole rings is 1. The maximum absolute atomic E-state index is 12.8. The molecule has 0 radical (unpaired) electrons. The number of ether oxygens (including phenoxy) is 1. The highest BCUT2D eigenvalue weighted by Gasteiger charge is 2.25. The van der Waals surface area contributed by atoms with Crippen LogP contribution in [0.1, 0.15) is 33.6 Å². The normalized spacial score (nSPS) is 17.6. The fraction of sp³-hybridized carbons (Fsp3) is 0.321. The maximum Gasteiger partial charge on any atom is 0.254 e. The molecule has 0 saturated carbocycles. The van der Waals surface area contributed by atoms with Crippen molar-refractivity contribution in [1.29, 1.82) is 0 Å². The summed E-state index contributed by atoms with van der Waals surface area (Å²) in [7, 11) is 0. The number of morpholine rings is 1. The average Bonchev–Trinajstić information content (AvgIpc) is 3.39. The van der Waals surface area contributed by atoms with E-state index in [1.54, 1.807) is 39.9 Å². The van der Waals surface area contributed by atoms with Crippen molar-refractivity contribution in [3.05, 3.63) is 71.9 Å². The summed E-state index contributed by atoms with van der Waals surface area (Å²) in [5.41, 5.74) is 8.66. The molecule has 40 heavy (non-hydrogen) atoms. The number of fused-ring (bicyclic) bond motifs is 1. The molecule has 2 fully saturated rings. The Labute approximate surface area is 231 Å². The lowest BCUT2D eigenvalue weighted by Gasteiger charge is -2.33. The molecule has 12 heteroatoms. The van der Waals surface area contributed by atoms with Gasteiger partial charge in [-0.15, -0.1) is 5.10 Å². The molecule has 0 spiro atoms. The summed E-state index contributed by atoms with van der Waals surface area (Å²) < 4.78 is 6.91. The van der Waals surface area contributed by atoms with Crippen LogP contribution in [0.4, 0.5) is 23.3 Å². The zero-order chi connectivity index (χ0) is 27.5. The van der Waals surface area contributed by atoms with Crippen LogP contribution in [-0.2, 0) is 4.74 Å². The topological polar surface area (TPSA) is 143 Å². The molecular formula is C28H31N9O3. The number of nitrogens with zero attached hydrogens (tertiary/aromatic N) is 6. The second-order valence-electron chi connectivity index (χ2n) is 9.91. The number of nitrogen functional groups attached to an aromatic ring is 1. The van der Waals surface area contributed by atoms with Crippen molar-refractivity contribution >= 4 is 40.7 Å². The number of nitrogens with one attached hydrogen (secondary N) is 2. The second-order valence-corrected chi connectivity index (χ2v) is 9.91. The molecular weight excluding hydrogens is 510 g/mol. The molecule has 6 rings (SSSR count). The molecule has 0 unspecified atom stereocenters. The summed E-state index contributed by atoms with van der Waals surface area (Å²) in [6.07, 6.45) is 3.29. The van der Waals surface area contributed by atoms with Crippen LogP contribution in [0.3, 0.4) is 0 Å². The van der Waals surface area contributed by atoms with Gasteiger partial charge in [0.1, 0.15) is 5.82 Å². The van der Waals surface area contributed by atoms with Crippen molar-refractivity contribution in [3.63, 3.8) is 0 Å². The number of anilines is 4. The molecule has 2 amide bonds. The van der Waals surface area contributed by atoms with E-state index >= 15 is 0 Å². The van der Waals surface area contributed by atoms with Gasteiger partial charge >= 0.3 is 0 Å². The average molecular weight is 542 g/mol.